The van der Waals surface area contributed by atoms with E-state index in [2.05, 4.69) is 15.1 Å². The third kappa shape index (κ3) is 6.43. The minimum Gasteiger partial charge on any atom is -0.464 e. The Morgan fingerprint density at radius 3 is 2.34 bits per heavy atom. The molecule has 0 bridgehead atoms. The summed E-state index contributed by atoms with van der Waals surface area (Å²) in [5.74, 6) is -0.0927. The number of benzene rings is 1. The summed E-state index contributed by atoms with van der Waals surface area (Å²) in [5.41, 5.74) is 3.27. The number of rotatable bonds is 9. The van der Waals surface area contributed by atoms with E-state index in [4.69, 9.17) is 9.26 Å². The van der Waals surface area contributed by atoms with Crippen LogP contribution in [-0.4, -0.2) is 52.7 Å². The van der Waals surface area contributed by atoms with E-state index in [0.29, 0.717) is 28.3 Å². The highest BCUT2D eigenvalue weighted by Crippen LogP contribution is 2.35. The molecule has 12 heteroatoms. The number of sulfone groups is 1. The van der Waals surface area contributed by atoms with Crippen LogP contribution in [0.25, 0.3) is 33.8 Å². The lowest BCUT2D eigenvalue weighted by Gasteiger charge is -2.19. The number of ether oxygens (including phenoxy) is 1. The molecule has 0 unspecified atom stereocenters. The molecule has 0 atom stereocenters. The van der Waals surface area contributed by atoms with Gasteiger partial charge in [0, 0.05) is 29.6 Å². The Kier molecular flexibility index (Phi) is 8.82. The maximum Gasteiger partial charge on any atom is 0.425 e. The molecule has 1 N–H and O–H groups in total. The van der Waals surface area contributed by atoms with Gasteiger partial charge in [0.15, 0.2) is 21.4 Å². The molecule has 0 saturated heterocycles. The largest absolute Gasteiger partial charge is 0.464 e. The third-order valence-corrected chi connectivity index (χ3v) is 8.42. The van der Waals surface area contributed by atoms with Crippen LogP contribution in [0.1, 0.15) is 39.2 Å². The SMILES string of the molecule is CCCCOC(=O)N(C(=O)O)c1ncc(-c2ccc(S(=O)(=O)C(C)C)cn2)cc1-c1cc(-c2ccc(C)cc2)no1. The van der Waals surface area contributed by atoms with Crippen molar-refractivity contribution in [3.63, 3.8) is 0 Å². The first kappa shape index (κ1) is 29.4. The zero-order valence-electron chi connectivity index (χ0n) is 23.1. The van der Waals surface area contributed by atoms with E-state index in [1.807, 2.05) is 38.1 Å². The van der Waals surface area contributed by atoms with Crippen molar-refractivity contribution in [3.8, 4) is 33.8 Å². The fourth-order valence-corrected chi connectivity index (χ4v) is 4.84. The van der Waals surface area contributed by atoms with Gasteiger partial charge in [0.05, 0.1) is 28.0 Å². The van der Waals surface area contributed by atoms with Crippen molar-refractivity contribution >= 4 is 27.8 Å². The number of carboxylic acid groups (broad SMARTS) is 1. The van der Waals surface area contributed by atoms with Crippen molar-refractivity contribution in [1.82, 2.24) is 15.1 Å². The second-order valence-electron chi connectivity index (χ2n) is 9.60. The number of carbonyl (C=O) groups is 2. The van der Waals surface area contributed by atoms with Crippen molar-refractivity contribution in [2.45, 2.75) is 50.7 Å². The number of anilines is 1. The van der Waals surface area contributed by atoms with Crippen LogP contribution >= 0.6 is 0 Å². The number of imide groups is 1. The normalized spacial score (nSPS) is 11.4. The van der Waals surface area contributed by atoms with Gasteiger partial charge in [0.2, 0.25) is 0 Å². The van der Waals surface area contributed by atoms with Gasteiger partial charge in [-0.05, 0) is 45.4 Å². The van der Waals surface area contributed by atoms with E-state index in [1.165, 1.54) is 24.5 Å². The van der Waals surface area contributed by atoms with Crippen LogP contribution < -0.4 is 4.90 Å². The van der Waals surface area contributed by atoms with E-state index in [9.17, 15) is 23.1 Å². The van der Waals surface area contributed by atoms with Crippen LogP contribution in [0.5, 0.6) is 0 Å². The van der Waals surface area contributed by atoms with Crippen LogP contribution in [0.2, 0.25) is 0 Å². The van der Waals surface area contributed by atoms with Gasteiger partial charge >= 0.3 is 12.2 Å². The molecule has 4 rings (SSSR count). The summed E-state index contributed by atoms with van der Waals surface area (Å²) in [4.78, 5) is 34.1. The maximum atomic E-state index is 12.8. The summed E-state index contributed by atoms with van der Waals surface area (Å²) in [6.45, 7) is 7.08. The van der Waals surface area contributed by atoms with Gasteiger partial charge < -0.3 is 14.4 Å². The average Bonchev–Trinajstić information content (AvgIpc) is 3.44. The van der Waals surface area contributed by atoms with Crippen LogP contribution in [-0.2, 0) is 14.6 Å². The molecule has 1 aromatic carbocycles. The Hall–Kier alpha value is -4.58. The number of hydrogen-bond donors (Lipinski definition) is 1. The molecule has 3 aromatic heterocycles. The van der Waals surface area contributed by atoms with Gasteiger partial charge in [-0.2, -0.15) is 4.90 Å². The molecule has 4 aromatic rings. The molecule has 41 heavy (non-hydrogen) atoms. The first-order chi connectivity index (χ1) is 19.5. The van der Waals surface area contributed by atoms with Crippen molar-refractivity contribution in [2.24, 2.45) is 0 Å². The van der Waals surface area contributed by atoms with Gasteiger partial charge in [-0.15, -0.1) is 0 Å². The minimum absolute atomic E-state index is 0.0436. The van der Waals surface area contributed by atoms with Crippen LogP contribution in [0, 0.1) is 6.92 Å². The molecule has 214 valence electrons. The number of nitrogens with zero attached hydrogens (tertiary/aromatic N) is 4. The fraction of sp³-hybridized carbons (Fsp3) is 0.276. The first-order valence-corrected chi connectivity index (χ1v) is 14.5. The Morgan fingerprint density at radius 2 is 1.73 bits per heavy atom. The summed E-state index contributed by atoms with van der Waals surface area (Å²) >= 11 is 0. The summed E-state index contributed by atoms with van der Waals surface area (Å²) in [6.07, 6.45) is 1.22. The zero-order chi connectivity index (χ0) is 29.7. The molecule has 0 radical (unpaired) electrons. The molecule has 3 heterocycles. The lowest BCUT2D eigenvalue weighted by molar-refractivity contribution is 0.147. The molecule has 0 aliphatic carbocycles. The summed E-state index contributed by atoms with van der Waals surface area (Å²) in [7, 11) is -3.52. The highest BCUT2D eigenvalue weighted by molar-refractivity contribution is 7.92. The number of hydrogen-bond acceptors (Lipinski definition) is 9. The molecule has 0 saturated carbocycles. The van der Waals surface area contributed by atoms with Crippen molar-refractivity contribution in [1.29, 1.82) is 0 Å². The van der Waals surface area contributed by atoms with Gasteiger partial charge in [0.1, 0.15) is 5.69 Å². The van der Waals surface area contributed by atoms with E-state index in [0.717, 1.165) is 17.5 Å². The summed E-state index contributed by atoms with van der Waals surface area (Å²) < 4.78 is 35.8. The molecule has 0 fully saturated rings. The Bertz CT molecular complexity index is 1650. The lowest BCUT2D eigenvalue weighted by atomic mass is 10.1. The van der Waals surface area contributed by atoms with Gasteiger partial charge in [0.25, 0.3) is 0 Å². The lowest BCUT2D eigenvalue weighted by Crippen LogP contribution is -2.37. The Balaban J connectivity index is 1.81. The standard InChI is InChI=1S/C29H30N4O7S/c1-5-6-13-39-29(36)33(28(34)35)27-23(26-15-25(32-40-26)20-9-7-19(4)8-10-20)14-21(16-31-27)24-12-11-22(17-30-24)41(37,38)18(2)3/h7-12,14-18H,5-6,13H2,1-4H3,(H,34,35). The molecule has 0 spiro atoms. The fourth-order valence-electron chi connectivity index (χ4n) is 3.83. The minimum atomic E-state index is -3.52. The average molecular weight is 579 g/mol. The van der Waals surface area contributed by atoms with E-state index in [-0.39, 0.29) is 28.6 Å². The monoisotopic (exact) mass is 578 g/mol. The zero-order valence-corrected chi connectivity index (χ0v) is 23.9. The summed E-state index contributed by atoms with van der Waals surface area (Å²) in [5, 5.41) is 13.5. The second-order valence-corrected chi connectivity index (χ2v) is 12.1. The van der Waals surface area contributed by atoms with Gasteiger partial charge in [-0.3, -0.25) is 4.98 Å². The smallest absolute Gasteiger partial charge is 0.425 e. The van der Waals surface area contributed by atoms with Gasteiger partial charge in [-0.25, -0.2) is 23.0 Å². The van der Waals surface area contributed by atoms with E-state index < -0.39 is 27.3 Å². The number of unbranched alkanes of at least 4 members (excludes halogenated alkanes) is 1. The van der Waals surface area contributed by atoms with Crippen LogP contribution in [0.4, 0.5) is 15.4 Å². The number of aryl methyl sites for hydroxylation is 1. The second kappa shape index (κ2) is 12.3. The molecule has 2 amide bonds. The Morgan fingerprint density at radius 1 is 1.00 bits per heavy atom. The quantitative estimate of drug-likeness (QED) is 0.221. The highest BCUT2D eigenvalue weighted by atomic mass is 32.2. The number of amides is 2. The predicted molar refractivity (Wildman–Crippen MR) is 152 cm³/mol. The maximum absolute atomic E-state index is 12.8. The molecule has 0 aliphatic heterocycles. The topological polar surface area (TPSA) is 153 Å². The van der Waals surface area contributed by atoms with Gasteiger partial charge in [-0.1, -0.05) is 48.3 Å². The molecular weight excluding hydrogens is 548 g/mol. The molecular formula is C29H30N4O7S. The van der Waals surface area contributed by atoms with Crippen LogP contribution in [0.3, 0.4) is 0 Å². The summed E-state index contributed by atoms with van der Waals surface area (Å²) in [6, 6.07) is 13.7. The van der Waals surface area contributed by atoms with Crippen LogP contribution in [0.15, 0.2) is 70.3 Å². The third-order valence-electron chi connectivity index (χ3n) is 6.28. The highest BCUT2D eigenvalue weighted by Gasteiger charge is 2.31. The predicted octanol–water partition coefficient (Wildman–Crippen LogP) is 6.38. The van der Waals surface area contributed by atoms with Crippen molar-refractivity contribution in [2.75, 3.05) is 11.5 Å². The van der Waals surface area contributed by atoms with Crippen molar-refractivity contribution in [3.05, 3.63) is 66.5 Å². The van der Waals surface area contributed by atoms with Crippen molar-refractivity contribution < 1.29 is 32.4 Å². The number of carbonyl (C=O) groups excluding carboxylic acids is 1. The Labute approximate surface area is 237 Å². The molecule has 11 nitrogen and oxygen atoms in total. The molecule has 0 aliphatic rings. The first-order valence-electron chi connectivity index (χ1n) is 13.0. The van der Waals surface area contributed by atoms with E-state index in [1.54, 1.807) is 26.0 Å². The number of aromatic nitrogens is 3. The van der Waals surface area contributed by atoms with E-state index >= 15 is 0 Å². The number of pyridine rings is 2.